The molecule has 0 aromatic heterocycles. The summed E-state index contributed by atoms with van der Waals surface area (Å²) in [5.41, 5.74) is 1.40. The van der Waals surface area contributed by atoms with Crippen LogP contribution in [-0.2, 0) is 6.54 Å². The first kappa shape index (κ1) is 12.0. The molecule has 0 heterocycles. The predicted molar refractivity (Wildman–Crippen MR) is 71.9 cm³/mol. The van der Waals surface area contributed by atoms with E-state index in [1.807, 2.05) is 11.8 Å². The van der Waals surface area contributed by atoms with E-state index in [4.69, 9.17) is 0 Å². The average molecular weight is 235 g/mol. The van der Waals surface area contributed by atoms with Gasteiger partial charge < -0.3 is 5.32 Å². The summed E-state index contributed by atoms with van der Waals surface area (Å²) in [6, 6.07) is 8.94. The Bertz CT molecular complexity index is 320. The summed E-state index contributed by atoms with van der Waals surface area (Å²) < 4.78 is 0. The Balaban J connectivity index is 1.82. The summed E-state index contributed by atoms with van der Waals surface area (Å²) in [6.45, 7) is 4.18. The van der Waals surface area contributed by atoms with Crippen molar-refractivity contribution < 1.29 is 0 Å². The molecule has 1 aliphatic rings. The van der Waals surface area contributed by atoms with Crippen molar-refractivity contribution in [1.29, 1.82) is 0 Å². The first-order valence-corrected chi connectivity index (χ1v) is 7.29. The SMILES string of the molecule is CCNCc1cccc(SCC2CCC2)c1. The number of hydrogen-bond acceptors (Lipinski definition) is 2. The molecule has 1 fully saturated rings. The fourth-order valence-electron chi connectivity index (χ4n) is 1.89. The molecule has 1 nitrogen and oxygen atoms in total. The van der Waals surface area contributed by atoms with Crippen molar-refractivity contribution in [3.05, 3.63) is 29.8 Å². The quantitative estimate of drug-likeness (QED) is 0.755. The molecule has 1 aromatic rings. The van der Waals surface area contributed by atoms with Crippen molar-refractivity contribution in [2.24, 2.45) is 5.92 Å². The van der Waals surface area contributed by atoms with Gasteiger partial charge in [-0.25, -0.2) is 0 Å². The third-order valence-corrected chi connectivity index (χ3v) is 4.41. The molecule has 0 amide bonds. The van der Waals surface area contributed by atoms with Crippen molar-refractivity contribution in [3.63, 3.8) is 0 Å². The molecule has 16 heavy (non-hydrogen) atoms. The number of hydrogen-bond donors (Lipinski definition) is 1. The minimum Gasteiger partial charge on any atom is -0.313 e. The van der Waals surface area contributed by atoms with Crippen molar-refractivity contribution >= 4 is 11.8 Å². The molecular formula is C14H21NS. The molecule has 0 aliphatic heterocycles. The molecular weight excluding hydrogens is 214 g/mol. The molecule has 0 saturated heterocycles. The largest absolute Gasteiger partial charge is 0.313 e. The van der Waals surface area contributed by atoms with E-state index in [2.05, 4.69) is 36.5 Å². The van der Waals surface area contributed by atoms with E-state index in [0.717, 1.165) is 19.0 Å². The lowest BCUT2D eigenvalue weighted by atomic mass is 9.87. The highest BCUT2D eigenvalue weighted by molar-refractivity contribution is 7.99. The zero-order valence-electron chi connectivity index (χ0n) is 10.0. The Morgan fingerprint density at radius 2 is 2.25 bits per heavy atom. The van der Waals surface area contributed by atoms with E-state index in [0.29, 0.717) is 0 Å². The van der Waals surface area contributed by atoms with Crippen LogP contribution in [-0.4, -0.2) is 12.3 Å². The van der Waals surface area contributed by atoms with Gasteiger partial charge in [0.2, 0.25) is 0 Å². The van der Waals surface area contributed by atoms with Crippen LogP contribution in [0.1, 0.15) is 31.7 Å². The first-order valence-electron chi connectivity index (χ1n) is 6.31. The summed E-state index contributed by atoms with van der Waals surface area (Å²) >= 11 is 2.02. The molecule has 2 rings (SSSR count). The van der Waals surface area contributed by atoms with E-state index in [9.17, 15) is 0 Å². The van der Waals surface area contributed by atoms with Crippen molar-refractivity contribution in [1.82, 2.24) is 5.32 Å². The van der Waals surface area contributed by atoms with Crippen molar-refractivity contribution in [3.8, 4) is 0 Å². The summed E-state index contributed by atoms with van der Waals surface area (Å²) in [5.74, 6) is 2.30. The number of thioether (sulfide) groups is 1. The summed E-state index contributed by atoms with van der Waals surface area (Å²) in [7, 11) is 0. The van der Waals surface area contributed by atoms with Gasteiger partial charge in [-0.2, -0.15) is 0 Å². The maximum atomic E-state index is 3.37. The maximum Gasteiger partial charge on any atom is 0.0205 e. The Kier molecular flexibility index (Phi) is 4.73. The van der Waals surface area contributed by atoms with Crippen molar-refractivity contribution in [2.45, 2.75) is 37.6 Å². The highest BCUT2D eigenvalue weighted by Gasteiger charge is 2.17. The fraction of sp³-hybridized carbons (Fsp3) is 0.571. The molecule has 1 saturated carbocycles. The van der Waals surface area contributed by atoms with Crippen LogP contribution in [0.3, 0.4) is 0 Å². The monoisotopic (exact) mass is 235 g/mol. The summed E-state index contributed by atoms with van der Waals surface area (Å²) in [5, 5.41) is 3.37. The highest BCUT2D eigenvalue weighted by atomic mass is 32.2. The minimum absolute atomic E-state index is 0.988. The van der Waals surface area contributed by atoms with E-state index in [1.165, 1.54) is 35.5 Å². The highest BCUT2D eigenvalue weighted by Crippen LogP contribution is 2.32. The van der Waals surface area contributed by atoms with Gasteiger partial charge in [-0.1, -0.05) is 25.5 Å². The standard InChI is InChI=1S/C14H21NS/c1-2-15-10-13-7-4-8-14(9-13)16-11-12-5-3-6-12/h4,7-9,12,15H,2-3,5-6,10-11H2,1H3. The Morgan fingerprint density at radius 3 is 2.94 bits per heavy atom. The van der Waals surface area contributed by atoms with E-state index in [1.54, 1.807) is 0 Å². The van der Waals surface area contributed by atoms with E-state index < -0.39 is 0 Å². The Morgan fingerprint density at radius 1 is 1.38 bits per heavy atom. The van der Waals surface area contributed by atoms with Crippen LogP contribution >= 0.6 is 11.8 Å². The topological polar surface area (TPSA) is 12.0 Å². The van der Waals surface area contributed by atoms with Gasteiger partial charge in [0, 0.05) is 17.2 Å². The molecule has 0 atom stereocenters. The normalized spacial score (nSPS) is 16.1. The van der Waals surface area contributed by atoms with Gasteiger partial charge in [0.25, 0.3) is 0 Å². The van der Waals surface area contributed by atoms with Crippen molar-refractivity contribution in [2.75, 3.05) is 12.3 Å². The summed E-state index contributed by atoms with van der Waals surface area (Å²) in [6.07, 6.45) is 4.35. The number of rotatable bonds is 6. The molecule has 1 aromatic carbocycles. The van der Waals surface area contributed by atoms with Gasteiger partial charge in [-0.3, -0.25) is 0 Å². The van der Waals surface area contributed by atoms with Gasteiger partial charge in [-0.05, 0) is 43.0 Å². The number of benzene rings is 1. The minimum atomic E-state index is 0.988. The second kappa shape index (κ2) is 6.31. The molecule has 2 heteroatoms. The Hall–Kier alpha value is -0.470. The summed E-state index contributed by atoms with van der Waals surface area (Å²) in [4.78, 5) is 1.43. The van der Waals surface area contributed by atoms with E-state index in [-0.39, 0.29) is 0 Å². The molecule has 1 aliphatic carbocycles. The van der Waals surface area contributed by atoms with Crippen LogP contribution in [0.5, 0.6) is 0 Å². The second-order valence-electron chi connectivity index (χ2n) is 4.54. The smallest absolute Gasteiger partial charge is 0.0205 e. The van der Waals surface area contributed by atoms with E-state index >= 15 is 0 Å². The first-order chi connectivity index (χ1) is 7.88. The Labute approximate surface area is 103 Å². The molecule has 1 N–H and O–H groups in total. The van der Waals surface area contributed by atoms with Crippen LogP contribution in [0.15, 0.2) is 29.2 Å². The van der Waals surface area contributed by atoms with Gasteiger partial charge >= 0.3 is 0 Å². The van der Waals surface area contributed by atoms with Gasteiger partial charge in [0.05, 0.1) is 0 Å². The third-order valence-electron chi connectivity index (χ3n) is 3.19. The van der Waals surface area contributed by atoms with Gasteiger partial charge in [0.1, 0.15) is 0 Å². The predicted octanol–water partition coefficient (Wildman–Crippen LogP) is 3.69. The average Bonchev–Trinajstić information content (AvgIpc) is 2.25. The molecule has 0 radical (unpaired) electrons. The maximum absolute atomic E-state index is 3.37. The lowest BCUT2D eigenvalue weighted by molar-refractivity contribution is 0.353. The lowest BCUT2D eigenvalue weighted by Crippen LogP contribution is -2.13. The lowest BCUT2D eigenvalue weighted by Gasteiger charge is -2.24. The third kappa shape index (κ3) is 3.53. The fourth-order valence-corrected chi connectivity index (χ4v) is 3.06. The zero-order chi connectivity index (χ0) is 11.2. The van der Waals surface area contributed by atoms with Crippen LogP contribution in [0, 0.1) is 5.92 Å². The molecule has 0 unspecified atom stereocenters. The van der Waals surface area contributed by atoms with Crippen LogP contribution in [0.2, 0.25) is 0 Å². The second-order valence-corrected chi connectivity index (χ2v) is 5.63. The molecule has 0 bridgehead atoms. The van der Waals surface area contributed by atoms with Gasteiger partial charge in [-0.15, -0.1) is 11.8 Å². The zero-order valence-corrected chi connectivity index (χ0v) is 10.9. The number of nitrogens with one attached hydrogen (secondary N) is 1. The van der Waals surface area contributed by atoms with Crippen LogP contribution < -0.4 is 5.32 Å². The van der Waals surface area contributed by atoms with Gasteiger partial charge in [0.15, 0.2) is 0 Å². The molecule has 88 valence electrons. The van der Waals surface area contributed by atoms with Crippen LogP contribution in [0.4, 0.5) is 0 Å². The molecule has 0 spiro atoms. The van der Waals surface area contributed by atoms with Crippen LogP contribution in [0.25, 0.3) is 0 Å².